The van der Waals surface area contributed by atoms with E-state index in [2.05, 4.69) is 22.6 Å². The Balaban J connectivity index is 2.03. The monoisotopic (exact) mass is 228 g/mol. The van der Waals surface area contributed by atoms with Crippen LogP contribution in [-0.2, 0) is 4.79 Å². The van der Waals surface area contributed by atoms with Crippen molar-refractivity contribution in [3.8, 4) is 6.19 Å². The fourth-order valence-corrected chi connectivity index (χ4v) is 2.61. The van der Waals surface area contributed by atoms with E-state index in [1.165, 1.54) is 4.90 Å². The first-order valence-corrected chi connectivity index (χ1v) is 5.66. The van der Waals surface area contributed by atoms with Gasteiger partial charge in [0.25, 0.3) is 0 Å². The number of nitrogens with zero attached hydrogens (tertiary/aromatic N) is 3. The summed E-state index contributed by atoms with van der Waals surface area (Å²) in [6, 6.07) is 0. The van der Waals surface area contributed by atoms with E-state index in [4.69, 9.17) is 5.26 Å². The number of hydrogen-bond donors (Lipinski definition) is 1. The summed E-state index contributed by atoms with van der Waals surface area (Å²) in [7, 11) is 0. The van der Waals surface area contributed by atoms with Gasteiger partial charge in [0.2, 0.25) is 5.91 Å². The molecule has 1 amide bonds. The molecule has 3 rings (SSSR count). The number of dihydropyridines is 1. The highest BCUT2D eigenvalue weighted by Crippen LogP contribution is 2.36. The summed E-state index contributed by atoms with van der Waals surface area (Å²) >= 11 is 0. The van der Waals surface area contributed by atoms with E-state index in [0.29, 0.717) is 13.0 Å². The Hall–Kier alpha value is -2.09. The summed E-state index contributed by atoms with van der Waals surface area (Å²) in [6.07, 6.45) is 8.86. The van der Waals surface area contributed by atoms with Crippen LogP contribution in [0.4, 0.5) is 0 Å². The Morgan fingerprint density at radius 1 is 1.59 bits per heavy atom. The molecular formula is C12H12N4O. The lowest BCUT2D eigenvalue weighted by molar-refractivity contribution is -0.121. The normalized spacial score (nSPS) is 30.5. The lowest BCUT2D eigenvalue weighted by atomic mass is 9.81. The van der Waals surface area contributed by atoms with Gasteiger partial charge in [0.1, 0.15) is 0 Å². The van der Waals surface area contributed by atoms with Crippen molar-refractivity contribution in [1.29, 1.82) is 5.26 Å². The molecule has 1 saturated heterocycles. The Morgan fingerprint density at radius 3 is 3.29 bits per heavy atom. The van der Waals surface area contributed by atoms with Gasteiger partial charge < -0.3 is 5.32 Å². The molecule has 3 aliphatic heterocycles. The summed E-state index contributed by atoms with van der Waals surface area (Å²) < 4.78 is 0. The Morgan fingerprint density at radius 2 is 2.47 bits per heavy atom. The first-order chi connectivity index (χ1) is 8.29. The van der Waals surface area contributed by atoms with Gasteiger partial charge in [-0.2, -0.15) is 5.26 Å². The molecular weight excluding hydrogens is 216 g/mol. The van der Waals surface area contributed by atoms with Crippen molar-refractivity contribution in [3.05, 3.63) is 23.4 Å². The number of carbonyl (C=O) groups is 1. The van der Waals surface area contributed by atoms with Gasteiger partial charge in [-0.25, -0.2) is 0 Å². The van der Waals surface area contributed by atoms with Crippen LogP contribution in [-0.4, -0.2) is 29.7 Å². The highest BCUT2D eigenvalue weighted by atomic mass is 16.1. The minimum Gasteiger partial charge on any atom is -0.355 e. The Kier molecular flexibility index (Phi) is 2.22. The molecule has 1 fully saturated rings. The highest BCUT2D eigenvalue weighted by molar-refractivity contribution is 5.80. The zero-order valence-electron chi connectivity index (χ0n) is 9.26. The zero-order valence-corrected chi connectivity index (χ0v) is 9.26. The molecule has 5 heteroatoms. The Labute approximate surface area is 99.1 Å². The number of amides is 1. The average Bonchev–Trinajstić information content (AvgIpc) is 2.37. The topological polar surface area (TPSA) is 68.5 Å². The molecule has 86 valence electrons. The standard InChI is InChI=1S/C12H12N4O/c13-7-16-6-8-4-11(17)15-5-10(8)9-2-1-3-14-12(9)16/h2-3,6,10,12H,1,4-5H2,(H,15,17). The molecule has 0 aromatic carbocycles. The predicted octanol–water partition coefficient (Wildman–Crippen LogP) is 0.530. The van der Waals surface area contributed by atoms with Crippen molar-refractivity contribution >= 4 is 12.1 Å². The third-order valence-electron chi connectivity index (χ3n) is 3.41. The predicted molar refractivity (Wildman–Crippen MR) is 61.6 cm³/mol. The van der Waals surface area contributed by atoms with Crippen LogP contribution in [0.25, 0.3) is 0 Å². The van der Waals surface area contributed by atoms with Crippen molar-refractivity contribution in [1.82, 2.24) is 10.2 Å². The molecule has 0 saturated carbocycles. The summed E-state index contributed by atoms with van der Waals surface area (Å²) in [4.78, 5) is 17.3. The minimum absolute atomic E-state index is 0.0313. The van der Waals surface area contributed by atoms with Crippen LogP contribution in [0.2, 0.25) is 0 Å². The van der Waals surface area contributed by atoms with Crippen LogP contribution in [0, 0.1) is 17.4 Å². The Bertz CT molecular complexity index is 497. The van der Waals surface area contributed by atoms with Crippen molar-refractivity contribution in [2.24, 2.45) is 10.9 Å². The number of carbonyl (C=O) groups excluding carboxylic acids is 1. The van der Waals surface area contributed by atoms with E-state index < -0.39 is 0 Å². The van der Waals surface area contributed by atoms with E-state index in [-0.39, 0.29) is 18.0 Å². The fourth-order valence-electron chi connectivity index (χ4n) is 2.61. The summed E-state index contributed by atoms with van der Waals surface area (Å²) in [5, 5.41) is 12.0. The highest BCUT2D eigenvalue weighted by Gasteiger charge is 2.37. The van der Waals surface area contributed by atoms with Gasteiger partial charge in [-0.15, -0.1) is 0 Å². The van der Waals surface area contributed by atoms with E-state index >= 15 is 0 Å². The summed E-state index contributed by atoms with van der Waals surface area (Å²) in [6.45, 7) is 0.627. The zero-order chi connectivity index (χ0) is 11.8. The maximum atomic E-state index is 11.4. The van der Waals surface area contributed by atoms with Crippen LogP contribution in [0.15, 0.2) is 28.4 Å². The van der Waals surface area contributed by atoms with Crippen LogP contribution < -0.4 is 5.32 Å². The van der Waals surface area contributed by atoms with Crippen molar-refractivity contribution in [2.75, 3.05) is 6.54 Å². The summed E-state index contributed by atoms with van der Waals surface area (Å²) in [5.41, 5.74) is 2.17. The second-order valence-corrected chi connectivity index (χ2v) is 4.39. The SMILES string of the molecule is N#CN1C=C2CC(=O)NCC2C2=CCC=NC21. The van der Waals surface area contributed by atoms with Gasteiger partial charge in [-0.3, -0.25) is 14.7 Å². The lowest BCUT2D eigenvalue weighted by Crippen LogP contribution is -2.45. The number of fused-ring (bicyclic) bond motifs is 3. The molecule has 0 bridgehead atoms. The number of allylic oxidation sites excluding steroid dienone is 1. The largest absolute Gasteiger partial charge is 0.355 e. The number of hydrogen-bond acceptors (Lipinski definition) is 4. The van der Waals surface area contributed by atoms with E-state index in [9.17, 15) is 4.79 Å². The molecule has 0 spiro atoms. The maximum Gasteiger partial charge on any atom is 0.224 e. The van der Waals surface area contributed by atoms with E-state index in [0.717, 1.165) is 17.6 Å². The molecule has 0 radical (unpaired) electrons. The van der Waals surface area contributed by atoms with Gasteiger partial charge in [0.05, 0.1) is 0 Å². The quantitative estimate of drug-likeness (QED) is 0.485. The van der Waals surface area contributed by atoms with Gasteiger partial charge in [0.15, 0.2) is 12.4 Å². The maximum absolute atomic E-state index is 11.4. The first-order valence-electron chi connectivity index (χ1n) is 5.66. The van der Waals surface area contributed by atoms with Gasteiger partial charge in [-0.05, 0) is 11.1 Å². The number of nitrogens with one attached hydrogen (secondary N) is 1. The van der Waals surface area contributed by atoms with Gasteiger partial charge in [-0.1, -0.05) is 6.08 Å². The number of aliphatic imine (C=N–C) groups is 1. The van der Waals surface area contributed by atoms with Crippen LogP contribution in [0.5, 0.6) is 0 Å². The van der Waals surface area contributed by atoms with E-state index in [1.807, 2.05) is 6.21 Å². The second-order valence-electron chi connectivity index (χ2n) is 4.39. The smallest absolute Gasteiger partial charge is 0.224 e. The van der Waals surface area contributed by atoms with Crippen molar-refractivity contribution < 1.29 is 4.79 Å². The minimum atomic E-state index is -0.197. The third-order valence-corrected chi connectivity index (χ3v) is 3.41. The third kappa shape index (κ3) is 1.53. The molecule has 17 heavy (non-hydrogen) atoms. The molecule has 3 aliphatic rings. The molecule has 1 N–H and O–H groups in total. The molecule has 0 aromatic heterocycles. The number of rotatable bonds is 0. The lowest BCUT2D eigenvalue weighted by Gasteiger charge is -2.39. The van der Waals surface area contributed by atoms with Gasteiger partial charge >= 0.3 is 0 Å². The second kappa shape index (κ2) is 3.74. The molecule has 2 atom stereocenters. The van der Waals surface area contributed by atoms with Crippen LogP contribution >= 0.6 is 0 Å². The average molecular weight is 228 g/mol. The van der Waals surface area contributed by atoms with Crippen LogP contribution in [0.1, 0.15) is 12.8 Å². The molecule has 0 aliphatic carbocycles. The molecule has 5 nitrogen and oxygen atoms in total. The van der Waals surface area contributed by atoms with E-state index in [1.54, 1.807) is 6.20 Å². The summed E-state index contributed by atoms with van der Waals surface area (Å²) in [5.74, 6) is 0.253. The van der Waals surface area contributed by atoms with Crippen molar-refractivity contribution in [2.45, 2.75) is 19.0 Å². The number of piperidine rings is 1. The van der Waals surface area contributed by atoms with Crippen LogP contribution in [0.3, 0.4) is 0 Å². The molecule has 0 aromatic rings. The first kappa shape index (κ1) is 10.1. The van der Waals surface area contributed by atoms with Crippen molar-refractivity contribution in [3.63, 3.8) is 0 Å². The molecule has 3 heterocycles. The number of nitriles is 1. The molecule has 2 unspecified atom stereocenters. The fraction of sp³-hybridized carbons (Fsp3) is 0.417. The van der Waals surface area contributed by atoms with Gasteiger partial charge in [0, 0.05) is 37.7 Å².